The van der Waals surface area contributed by atoms with Gasteiger partial charge in [0.25, 0.3) is 0 Å². The SMILES string of the molecule is CCN(Cc1ccc(OCc2ccccc2)cc1)C(=O)CSc1cc(C#N)ccn1. The van der Waals surface area contributed by atoms with Crippen molar-refractivity contribution in [2.45, 2.75) is 25.1 Å². The lowest BCUT2D eigenvalue weighted by Crippen LogP contribution is -2.31. The Kier molecular flexibility index (Phi) is 7.87. The zero-order chi connectivity index (χ0) is 21.2. The van der Waals surface area contributed by atoms with Crippen LogP contribution in [-0.4, -0.2) is 28.1 Å². The van der Waals surface area contributed by atoms with Crippen LogP contribution in [-0.2, 0) is 17.9 Å². The van der Waals surface area contributed by atoms with Gasteiger partial charge in [0.2, 0.25) is 5.91 Å². The Balaban J connectivity index is 1.51. The van der Waals surface area contributed by atoms with Crippen LogP contribution in [0.2, 0.25) is 0 Å². The summed E-state index contributed by atoms with van der Waals surface area (Å²) in [5.74, 6) is 1.13. The van der Waals surface area contributed by atoms with E-state index < -0.39 is 0 Å². The Labute approximate surface area is 181 Å². The minimum atomic E-state index is 0.0380. The highest BCUT2D eigenvalue weighted by Gasteiger charge is 2.13. The number of carbonyl (C=O) groups excluding carboxylic acids is 1. The van der Waals surface area contributed by atoms with E-state index in [9.17, 15) is 4.79 Å². The van der Waals surface area contributed by atoms with Gasteiger partial charge in [-0.15, -0.1) is 0 Å². The minimum Gasteiger partial charge on any atom is -0.489 e. The summed E-state index contributed by atoms with van der Waals surface area (Å²) >= 11 is 1.35. The number of benzene rings is 2. The average Bonchev–Trinajstić information content (AvgIpc) is 2.81. The predicted molar refractivity (Wildman–Crippen MR) is 118 cm³/mol. The van der Waals surface area contributed by atoms with Crippen molar-refractivity contribution < 1.29 is 9.53 Å². The average molecular weight is 418 g/mol. The van der Waals surface area contributed by atoms with E-state index >= 15 is 0 Å². The molecule has 0 fully saturated rings. The van der Waals surface area contributed by atoms with Gasteiger partial charge in [0.15, 0.2) is 0 Å². The first-order valence-corrected chi connectivity index (χ1v) is 10.7. The van der Waals surface area contributed by atoms with Crippen LogP contribution in [0, 0.1) is 11.3 Å². The van der Waals surface area contributed by atoms with Crippen LogP contribution >= 0.6 is 11.8 Å². The van der Waals surface area contributed by atoms with Gasteiger partial charge in [0.1, 0.15) is 12.4 Å². The van der Waals surface area contributed by atoms with Crippen molar-refractivity contribution in [1.29, 1.82) is 5.26 Å². The molecule has 152 valence electrons. The van der Waals surface area contributed by atoms with Crippen LogP contribution in [0.4, 0.5) is 0 Å². The van der Waals surface area contributed by atoms with E-state index in [2.05, 4.69) is 11.1 Å². The van der Waals surface area contributed by atoms with Gasteiger partial charge in [-0.05, 0) is 42.3 Å². The van der Waals surface area contributed by atoms with E-state index in [0.717, 1.165) is 16.9 Å². The molecular formula is C24H23N3O2S. The number of hydrogen-bond donors (Lipinski definition) is 0. The molecule has 0 aliphatic carbocycles. The molecule has 1 aromatic heterocycles. The number of ether oxygens (including phenoxy) is 1. The van der Waals surface area contributed by atoms with E-state index in [1.54, 1.807) is 23.2 Å². The summed E-state index contributed by atoms with van der Waals surface area (Å²) < 4.78 is 5.82. The van der Waals surface area contributed by atoms with Crippen LogP contribution in [0.15, 0.2) is 78.0 Å². The number of nitrogens with zero attached hydrogens (tertiary/aromatic N) is 3. The van der Waals surface area contributed by atoms with Crippen molar-refractivity contribution in [3.63, 3.8) is 0 Å². The van der Waals surface area contributed by atoms with Gasteiger partial charge in [-0.3, -0.25) is 4.79 Å². The standard InChI is InChI=1S/C24H23N3O2S/c1-2-27(24(28)18-30-23-14-21(15-25)12-13-26-23)16-19-8-10-22(11-9-19)29-17-20-6-4-3-5-7-20/h3-14H,2,16-18H2,1H3. The van der Waals surface area contributed by atoms with E-state index in [4.69, 9.17) is 10.00 Å². The molecule has 0 N–H and O–H groups in total. The minimum absolute atomic E-state index is 0.0380. The molecular weight excluding hydrogens is 394 g/mol. The highest BCUT2D eigenvalue weighted by atomic mass is 32.2. The molecule has 0 bridgehead atoms. The monoisotopic (exact) mass is 417 g/mol. The zero-order valence-corrected chi connectivity index (χ0v) is 17.6. The number of nitriles is 1. The predicted octanol–water partition coefficient (Wildman–Crippen LogP) is 4.67. The van der Waals surface area contributed by atoms with E-state index in [0.29, 0.717) is 30.3 Å². The van der Waals surface area contributed by atoms with Crippen LogP contribution in [0.1, 0.15) is 23.6 Å². The van der Waals surface area contributed by atoms with Crippen molar-refractivity contribution in [3.05, 3.63) is 89.6 Å². The number of rotatable bonds is 9. The Hall–Kier alpha value is -3.30. The molecule has 30 heavy (non-hydrogen) atoms. The lowest BCUT2D eigenvalue weighted by Gasteiger charge is -2.21. The van der Waals surface area contributed by atoms with Crippen molar-refractivity contribution in [2.75, 3.05) is 12.3 Å². The van der Waals surface area contributed by atoms with Gasteiger partial charge >= 0.3 is 0 Å². The molecule has 1 amide bonds. The summed E-state index contributed by atoms with van der Waals surface area (Å²) in [6, 6.07) is 23.3. The maximum absolute atomic E-state index is 12.6. The smallest absolute Gasteiger partial charge is 0.233 e. The number of amides is 1. The number of carbonyl (C=O) groups is 1. The Bertz CT molecular complexity index is 1000. The van der Waals surface area contributed by atoms with Crippen molar-refractivity contribution >= 4 is 17.7 Å². The first-order valence-electron chi connectivity index (χ1n) is 9.70. The molecule has 6 heteroatoms. The lowest BCUT2D eigenvalue weighted by molar-refractivity contribution is -0.128. The lowest BCUT2D eigenvalue weighted by atomic mass is 10.2. The van der Waals surface area contributed by atoms with E-state index in [1.165, 1.54) is 11.8 Å². The second kappa shape index (κ2) is 11.0. The van der Waals surface area contributed by atoms with Gasteiger partial charge in [0.05, 0.1) is 22.4 Å². The third-order valence-corrected chi connectivity index (χ3v) is 5.40. The molecule has 3 rings (SSSR count). The van der Waals surface area contributed by atoms with Gasteiger partial charge < -0.3 is 9.64 Å². The third kappa shape index (κ3) is 6.36. The fourth-order valence-corrected chi connectivity index (χ4v) is 3.61. The molecule has 5 nitrogen and oxygen atoms in total. The number of pyridine rings is 1. The van der Waals surface area contributed by atoms with Gasteiger partial charge in [0, 0.05) is 19.3 Å². The highest BCUT2D eigenvalue weighted by molar-refractivity contribution is 7.99. The second-order valence-corrected chi connectivity index (χ2v) is 7.60. The molecule has 3 aromatic rings. The normalized spacial score (nSPS) is 10.3. The molecule has 1 heterocycles. The first kappa shape index (κ1) is 21.4. The molecule has 0 atom stereocenters. The number of hydrogen-bond acceptors (Lipinski definition) is 5. The molecule has 0 spiro atoms. The maximum atomic E-state index is 12.6. The fourth-order valence-electron chi connectivity index (χ4n) is 2.81. The zero-order valence-electron chi connectivity index (χ0n) is 16.8. The van der Waals surface area contributed by atoms with Crippen LogP contribution in [0.3, 0.4) is 0 Å². The molecule has 0 unspecified atom stereocenters. The van der Waals surface area contributed by atoms with E-state index in [1.807, 2.05) is 61.5 Å². The molecule has 0 radical (unpaired) electrons. The number of aromatic nitrogens is 1. The third-order valence-electron chi connectivity index (χ3n) is 4.49. The van der Waals surface area contributed by atoms with Gasteiger partial charge in [-0.25, -0.2) is 4.98 Å². The summed E-state index contributed by atoms with van der Waals surface area (Å²) in [6.07, 6.45) is 1.59. The molecule has 0 aliphatic heterocycles. The summed E-state index contributed by atoms with van der Waals surface area (Å²) in [4.78, 5) is 18.6. The Morgan fingerprint density at radius 1 is 1.10 bits per heavy atom. The fraction of sp³-hybridized carbons (Fsp3) is 0.208. The highest BCUT2D eigenvalue weighted by Crippen LogP contribution is 2.19. The molecule has 0 saturated carbocycles. The summed E-state index contributed by atoms with van der Waals surface area (Å²) in [5, 5.41) is 9.65. The Morgan fingerprint density at radius 3 is 2.57 bits per heavy atom. The van der Waals surface area contributed by atoms with Crippen LogP contribution in [0.25, 0.3) is 0 Å². The summed E-state index contributed by atoms with van der Waals surface area (Å²) in [7, 11) is 0. The largest absolute Gasteiger partial charge is 0.489 e. The second-order valence-electron chi connectivity index (χ2n) is 6.61. The topological polar surface area (TPSA) is 66.2 Å². The maximum Gasteiger partial charge on any atom is 0.233 e. The van der Waals surface area contributed by atoms with Crippen LogP contribution < -0.4 is 4.74 Å². The van der Waals surface area contributed by atoms with Gasteiger partial charge in [-0.1, -0.05) is 54.2 Å². The summed E-state index contributed by atoms with van der Waals surface area (Å²) in [5.41, 5.74) is 2.71. The van der Waals surface area contributed by atoms with Crippen molar-refractivity contribution in [3.8, 4) is 11.8 Å². The quantitative estimate of drug-likeness (QED) is 0.473. The number of thioether (sulfide) groups is 1. The molecule has 0 aliphatic rings. The van der Waals surface area contributed by atoms with Crippen LogP contribution in [0.5, 0.6) is 5.75 Å². The van der Waals surface area contributed by atoms with Crippen molar-refractivity contribution in [1.82, 2.24) is 9.88 Å². The first-order chi connectivity index (χ1) is 14.7. The summed E-state index contributed by atoms with van der Waals surface area (Å²) in [6.45, 7) is 3.66. The molecule has 0 saturated heterocycles. The van der Waals surface area contributed by atoms with Crippen molar-refractivity contribution in [2.24, 2.45) is 0 Å². The Morgan fingerprint density at radius 2 is 1.87 bits per heavy atom. The molecule has 2 aromatic carbocycles. The van der Waals surface area contributed by atoms with Gasteiger partial charge in [-0.2, -0.15) is 5.26 Å². The van der Waals surface area contributed by atoms with E-state index in [-0.39, 0.29) is 11.7 Å².